The highest BCUT2D eigenvalue weighted by Crippen LogP contribution is 2.27. The van der Waals surface area contributed by atoms with Gasteiger partial charge in [-0.1, -0.05) is 0 Å². The molecule has 90 valence electrons. The number of hydrogen-bond acceptors (Lipinski definition) is 5. The summed E-state index contributed by atoms with van der Waals surface area (Å²) in [6.07, 6.45) is 6.38. The van der Waals surface area contributed by atoms with E-state index in [1.54, 1.807) is 10.7 Å². The maximum atomic E-state index is 9.12. The largest absolute Gasteiger partial charge is 0.396 e. The highest BCUT2D eigenvalue weighted by Gasteiger charge is 2.24. The van der Waals surface area contributed by atoms with Gasteiger partial charge in [0.1, 0.15) is 6.33 Å². The third-order valence-electron chi connectivity index (χ3n) is 3.33. The van der Waals surface area contributed by atoms with Gasteiger partial charge in [-0.15, -0.1) is 0 Å². The zero-order chi connectivity index (χ0) is 11.7. The van der Waals surface area contributed by atoms with Gasteiger partial charge in [0, 0.05) is 18.7 Å². The van der Waals surface area contributed by atoms with Gasteiger partial charge in [0.25, 0.3) is 0 Å². The van der Waals surface area contributed by atoms with Crippen molar-refractivity contribution in [2.45, 2.75) is 25.3 Å². The van der Waals surface area contributed by atoms with Gasteiger partial charge in [-0.2, -0.15) is 9.61 Å². The first-order valence-electron chi connectivity index (χ1n) is 5.89. The van der Waals surface area contributed by atoms with Crippen LogP contribution in [0.3, 0.4) is 0 Å². The molecule has 2 heterocycles. The fourth-order valence-corrected chi connectivity index (χ4v) is 2.41. The molecule has 0 radical (unpaired) electrons. The highest BCUT2D eigenvalue weighted by molar-refractivity contribution is 5.42. The van der Waals surface area contributed by atoms with E-state index in [4.69, 9.17) is 5.11 Å². The summed E-state index contributed by atoms with van der Waals surface area (Å²) in [5.41, 5.74) is 0.791. The van der Waals surface area contributed by atoms with Gasteiger partial charge < -0.3 is 10.4 Å². The standard InChI is InChI=1S/C11H15N5O/c17-6-8-1-2-9(5-8)15-11-13-7-12-10-3-4-14-16(10)11/h3-4,7-9,17H,1-2,5-6H2,(H,12,13,15). The van der Waals surface area contributed by atoms with E-state index in [0.717, 1.165) is 30.9 Å². The maximum absolute atomic E-state index is 9.12. The molecular weight excluding hydrogens is 218 g/mol. The Labute approximate surface area is 98.7 Å². The van der Waals surface area contributed by atoms with E-state index >= 15 is 0 Å². The first-order chi connectivity index (χ1) is 8.36. The second-order valence-corrected chi connectivity index (χ2v) is 4.50. The van der Waals surface area contributed by atoms with Crippen LogP contribution in [0.15, 0.2) is 18.6 Å². The van der Waals surface area contributed by atoms with Crippen molar-refractivity contribution in [3.05, 3.63) is 18.6 Å². The predicted molar refractivity (Wildman–Crippen MR) is 62.6 cm³/mol. The molecule has 6 nitrogen and oxygen atoms in total. The van der Waals surface area contributed by atoms with Crippen LogP contribution in [0.4, 0.5) is 5.95 Å². The molecule has 0 aliphatic heterocycles. The first-order valence-corrected chi connectivity index (χ1v) is 5.89. The fourth-order valence-electron chi connectivity index (χ4n) is 2.41. The topological polar surface area (TPSA) is 75.3 Å². The average molecular weight is 233 g/mol. The average Bonchev–Trinajstić information content (AvgIpc) is 2.97. The van der Waals surface area contributed by atoms with E-state index in [0.29, 0.717) is 12.0 Å². The summed E-state index contributed by atoms with van der Waals surface area (Å²) in [4.78, 5) is 8.33. The summed E-state index contributed by atoms with van der Waals surface area (Å²) in [6.45, 7) is 0.277. The normalized spacial score (nSPS) is 24.3. The maximum Gasteiger partial charge on any atom is 0.227 e. The molecule has 0 spiro atoms. The lowest BCUT2D eigenvalue weighted by Crippen LogP contribution is -2.19. The molecule has 3 rings (SSSR count). The van der Waals surface area contributed by atoms with Crippen LogP contribution in [0.1, 0.15) is 19.3 Å². The van der Waals surface area contributed by atoms with Gasteiger partial charge in [-0.25, -0.2) is 9.97 Å². The Bertz CT molecular complexity index is 511. The highest BCUT2D eigenvalue weighted by atomic mass is 16.3. The molecule has 1 fully saturated rings. The van der Waals surface area contributed by atoms with E-state index in [9.17, 15) is 0 Å². The second kappa shape index (κ2) is 4.29. The van der Waals surface area contributed by atoms with Crippen molar-refractivity contribution in [2.24, 2.45) is 5.92 Å². The zero-order valence-electron chi connectivity index (χ0n) is 9.45. The molecule has 17 heavy (non-hydrogen) atoms. The lowest BCUT2D eigenvalue weighted by atomic mass is 10.1. The summed E-state index contributed by atoms with van der Waals surface area (Å²) in [7, 11) is 0. The molecule has 2 atom stereocenters. The summed E-state index contributed by atoms with van der Waals surface area (Å²) >= 11 is 0. The van der Waals surface area contributed by atoms with Crippen molar-refractivity contribution < 1.29 is 5.11 Å². The summed E-state index contributed by atoms with van der Waals surface area (Å²) < 4.78 is 1.70. The number of aromatic nitrogens is 4. The van der Waals surface area contributed by atoms with Crippen LogP contribution < -0.4 is 5.32 Å². The Balaban J connectivity index is 1.79. The number of aliphatic hydroxyl groups excluding tert-OH is 1. The fraction of sp³-hybridized carbons (Fsp3) is 0.545. The monoisotopic (exact) mass is 233 g/mol. The summed E-state index contributed by atoms with van der Waals surface area (Å²) in [5, 5.41) is 16.7. The van der Waals surface area contributed by atoms with Gasteiger partial charge in [-0.05, 0) is 25.2 Å². The van der Waals surface area contributed by atoms with Crippen molar-refractivity contribution in [1.29, 1.82) is 0 Å². The minimum Gasteiger partial charge on any atom is -0.396 e. The second-order valence-electron chi connectivity index (χ2n) is 4.50. The Morgan fingerprint density at radius 1 is 1.41 bits per heavy atom. The van der Waals surface area contributed by atoms with Gasteiger partial charge in [0.2, 0.25) is 5.95 Å². The van der Waals surface area contributed by atoms with E-state index in [1.165, 1.54) is 6.33 Å². The minimum atomic E-state index is 0.277. The van der Waals surface area contributed by atoms with Crippen molar-refractivity contribution in [3.8, 4) is 0 Å². The van der Waals surface area contributed by atoms with Crippen LogP contribution in [0, 0.1) is 5.92 Å². The van der Waals surface area contributed by atoms with Crippen LogP contribution in [0.5, 0.6) is 0 Å². The predicted octanol–water partition coefficient (Wildman–Crippen LogP) is 0.697. The number of hydrogen-bond donors (Lipinski definition) is 2. The Hall–Kier alpha value is -1.69. The van der Waals surface area contributed by atoms with E-state index in [1.807, 2.05) is 6.07 Å². The Morgan fingerprint density at radius 3 is 3.18 bits per heavy atom. The van der Waals surface area contributed by atoms with Gasteiger partial charge in [0.15, 0.2) is 5.65 Å². The van der Waals surface area contributed by atoms with Crippen molar-refractivity contribution in [1.82, 2.24) is 19.6 Å². The lowest BCUT2D eigenvalue weighted by Gasteiger charge is -2.13. The first kappa shape index (κ1) is 10.5. The van der Waals surface area contributed by atoms with Crippen LogP contribution in [-0.2, 0) is 0 Å². The molecule has 1 saturated carbocycles. The molecule has 2 unspecified atom stereocenters. The number of fused-ring (bicyclic) bond motifs is 1. The van der Waals surface area contributed by atoms with E-state index < -0.39 is 0 Å². The Kier molecular flexibility index (Phi) is 2.64. The van der Waals surface area contributed by atoms with Crippen LogP contribution in [0.2, 0.25) is 0 Å². The van der Waals surface area contributed by atoms with Crippen molar-refractivity contribution >= 4 is 11.6 Å². The van der Waals surface area contributed by atoms with Crippen molar-refractivity contribution in [3.63, 3.8) is 0 Å². The Morgan fingerprint density at radius 2 is 2.35 bits per heavy atom. The summed E-state index contributed by atoms with van der Waals surface area (Å²) in [5.74, 6) is 1.14. The number of nitrogens with one attached hydrogen (secondary N) is 1. The number of anilines is 1. The van der Waals surface area contributed by atoms with Gasteiger partial charge >= 0.3 is 0 Å². The molecule has 1 aliphatic carbocycles. The van der Waals surface area contributed by atoms with Crippen LogP contribution >= 0.6 is 0 Å². The molecule has 2 aromatic rings. The summed E-state index contributed by atoms with van der Waals surface area (Å²) in [6, 6.07) is 2.22. The minimum absolute atomic E-state index is 0.277. The molecule has 0 aromatic carbocycles. The third kappa shape index (κ3) is 1.95. The van der Waals surface area contributed by atoms with E-state index in [2.05, 4.69) is 20.4 Å². The smallest absolute Gasteiger partial charge is 0.227 e. The molecule has 0 amide bonds. The van der Waals surface area contributed by atoms with Crippen molar-refractivity contribution in [2.75, 3.05) is 11.9 Å². The lowest BCUT2D eigenvalue weighted by molar-refractivity contribution is 0.229. The molecule has 2 N–H and O–H groups in total. The molecular formula is C11H15N5O. The number of rotatable bonds is 3. The van der Waals surface area contributed by atoms with Crippen LogP contribution in [-0.4, -0.2) is 37.3 Å². The third-order valence-corrected chi connectivity index (χ3v) is 3.33. The van der Waals surface area contributed by atoms with Crippen LogP contribution in [0.25, 0.3) is 5.65 Å². The molecule has 2 aromatic heterocycles. The molecule has 0 saturated heterocycles. The number of nitrogens with zero attached hydrogens (tertiary/aromatic N) is 4. The van der Waals surface area contributed by atoms with Gasteiger partial charge in [-0.3, -0.25) is 0 Å². The zero-order valence-corrected chi connectivity index (χ0v) is 9.45. The quantitative estimate of drug-likeness (QED) is 0.816. The van der Waals surface area contributed by atoms with E-state index in [-0.39, 0.29) is 6.61 Å². The molecule has 1 aliphatic rings. The molecule has 6 heteroatoms. The SMILES string of the molecule is OCC1CCC(Nc2ncnc3ccnn23)C1. The number of aliphatic hydroxyl groups is 1. The van der Waals surface area contributed by atoms with Gasteiger partial charge in [0.05, 0.1) is 6.20 Å². The molecule has 0 bridgehead atoms.